The van der Waals surface area contributed by atoms with Crippen molar-refractivity contribution in [3.8, 4) is 21.8 Å². The minimum atomic E-state index is -0.958. The Bertz CT molecular complexity index is 2340. The van der Waals surface area contributed by atoms with Crippen molar-refractivity contribution in [3.05, 3.63) is 65.3 Å². The highest BCUT2D eigenvalue weighted by atomic mass is 32.1. The van der Waals surface area contributed by atoms with Crippen LogP contribution in [0.4, 0.5) is 24.6 Å². The molecule has 58 heavy (non-hydrogen) atoms. The number of aromatic nitrogens is 4. The third kappa shape index (κ3) is 8.80. The molecule has 1 unspecified atom stereocenters. The molecule has 1 atom stereocenters. The summed E-state index contributed by atoms with van der Waals surface area (Å²) in [7, 11) is 0. The van der Waals surface area contributed by atoms with E-state index >= 15 is 0 Å². The van der Waals surface area contributed by atoms with E-state index in [9.17, 15) is 18.8 Å². The van der Waals surface area contributed by atoms with E-state index in [1.165, 1.54) is 12.1 Å². The Labute approximate surface area is 341 Å². The van der Waals surface area contributed by atoms with Crippen molar-refractivity contribution in [3.63, 3.8) is 0 Å². The Balaban J connectivity index is 1.43. The number of thiazole rings is 1. The third-order valence-corrected chi connectivity index (χ3v) is 11.0. The molecule has 0 aliphatic carbocycles. The number of pyridine rings is 2. The van der Waals surface area contributed by atoms with Gasteiger partial charge in [0.1, 0.15) is 33.3 Å². The Morgan fingerprint density at radius 1 is 0.845 bits per heavy atom. The Hall–Kier alpha value is -5.15. The average molecular weight is 815 g/mol. The van der Waals surface area contributed by atoms with Crippen LogP contribution in [0.2, 0.25) is 0 Å². The van der Waals surface area contributed by atoms with Gasteiger partial charge < -0.3 is 18.9 Å². The Kier molecular flexibility index (Phi) is 11.0. The van der Waals surface area contributed by atoms with Crippen molar-refractivity contribution in [1.82, 2.24) is 24.3 Å². The number of hydrogen-bond donors (Lipinski definition) is 0. The average Bonchev–Trinajstić information content (AvgIpc) is 3.88. The first-order valence-corrected chi connectivity index (χ1v) is 20.5. The van der Waals surface area contributed by atoms with Gasteiger partial charge in [0.2, 0.25) is 0 Å². The smallest absolute Gasteiger partial charge is 0.425 e. The molecule has 0 saturated carbocycles. The number of ether oxygens (including phenoxy) is 4. The third-order valence-electron chi connectivity index (χ3n) is 9.70. The summed E-state index contributed by atoms with van der Waals surface area (Å²) in [6, 6.07) is 8.04. The number of halogens is 1. The van der Waals surface area contributed by atoms with Crippen molar-refractivity contribution in [2.75, 3.05) is 24.7 Å². The summed E-state index contributed by atoms with van der Waals surface area (Å²) in [5.74, 6) is -0.243. The normalized spacial score (nSPS) is 16.9. The lowest BCUT2D eigenvalue weighted by molar-refractivity contribution is 0.0219. The van der Waals surface area contributed by atoms with Gasteiger partial charge in [0.05, 0.1) is 23.6 Å². The predicted molar refractivity (Wildman–Crippen MR) is 220 cm³/mol. The van der Waals surface area contributed by atoms with E-state index in [-0.39, 0.29) is 23.9 Å². The minimum absolute atomic E-state index is 0.00251. The van der Waals surface area contributed by atoms with Crippen LogP contribution in [-0.2, 0) is 18.9 Å². The van der Waals surface area contributed by atoms with Gasteiger partial charge in [-0.05, 0) is 111 Å². The monoisotopic (exact) mass is 814 g/mol. The molecule has 15 heteroatoms. The van der Waals surface area contributed by atoms with Gasteiger partial charge in [0.25, 0.3) is 0 Å². The number of likely N-dealkylation sites (tertiary alicyclic amines) is 1. The second-order valence-corrected chi connectivity index (χ2v) is 18.8. The maximum Gasteiger partial charge on any atom is 0.425 e. The van der Waals surface area contributed by atoms with E-state index in [1.54, 1.807) is 80.8 Å². The number of nitrogens with zero attached hydrogens (tertiary/aromatic N) is 6. The van der Waals surface area contributed by atoms with Crippen LogP contribution < -0.4 is 4.90 Å². The predicted octanol–water partition coefficient (Wildman–Crippen LogP) is 10.5. The number of fused-ring (bicyclic) bond motifs is 2. The number of carbonyl (C=O) groups excluding carboxylic acids is 3. The van der Waals surface area contributed by atoms with Crippen LogP contribution in [0.25, 0.3) is 38.2 Å². The number of anilines is 1. The number of imide groups is 1. The maximum atomic E-state index is 14.2. The van der Waals surface area contributed by atoms with Crippen molar-refractivity contribution in [1.29, 1.82) is 0 Å². The molecule has 3 amide bonds. The van der Waals surface area contributed by atoms with Crippen LogP contribution in [0.1, 0.15) is 111 Å². The fourth-order valence-electron chi connectivity index (χ4n) is 7.31. The minimum Gasteiger partial charge on any atom is -0.444 e. The van der Waals surface area contributed by atoms with E-state index in [1.807, 2.05) is 39.0 Å². The van der Waals surface area contributed by atoms with Gasteiger partial charge in [0, 0.05) is 59.6 Å². The zero-order valence-corrected chi connectivity index (χ0v) is 35.4. The summed E-state index contributed by atoms with van der Waals surface area (Å²) in [6.45, 7) is 17.7. The molecule has 4 aromatic heterocycles. The molecular weight excluding hydrogens is 764 g/mol. The maximum absolute atomic E-state index is 14.2. The quantitative estimate of drug-likeness (QED) is 0.158. The van der Waals surface area contributed by atoms with Crippen LogP contribution in [-0.4, -0.2) is 79.1 Å². The molecule has 6 heterocycles. The first kappa shape index (κ1) is 41.0. The summed E-state index contributed by atoms with van der Waals surface area (Å²) in [6.07, 6.45) is 5.76. The lowest BCUT2D eigenvalue weighted by Gasteiger charge is -2.29. The van der Waals surface area contributed by atoms with Crippen LogP contribution in [0, 0.1) is 5.82 Å². The summed E-state index contributed by atoms with van der Waals surface area (Å²) in [5, 5.41) is 1.76. The van der Waals surface area contributed by atoms with Crippen molar-refractivity contribution >= 4 is 51.9 Å². The van der Waals surface area contributed by atoms with E-state index in [2.05, 4.69) is 4.98 Å². The summed E-state index contributed by atoms with van der Waals surface area (Å²) in [4.78, 5) is 59.8. The van der Waals surface area contributed by atoms with Crippen molar-refractivity contribution in [2.45, 2.75) is 117 Å². The highest BCUT2D eigenvalue weighted by Gasteiger charge is 2.39. The molecule has 0 radical (unpaired) electrons. The van der Waals surface area contributed by atoms with Crippen molar-refractivity contribution < 1.29 is 37.7 Å². The number of rotatable bonds is 5. The van der Waals surface area contributed by atoms with Crippen LogP contribution in [0.15, 0.2) is 48.9 Å². The van der Waals surface area contributed by atoms with Gasteiger partial charge in [-0.2, -0.15) is 4.90 Å². The fourth-order valence-corrected chi connectivity index (χ4v) is 8.62. The number of hydrogen-bond acceptors (Lipinski definition) is 11. The molecule has 2 saturated heterocycles. The summed E-state index contributed by atoms with van der Waals surface area (Å²) >= 11 is 1.56. The van der Waals surface area contributed by atoms with Gasteiger partial charge in [-0.25, -0.2) is 33.7 Å². The molecule has 5 aromatic rings. The fraction of sp³-hybridized carbons (Fsp3) is 0.488. The zero-order chi connectivity index (χ0) is 41.7. The molecule has 0 bridgehead atoms. The highest BCUT2D eigenvalue weighted by Crippen LogP contribution is 2.46. The second kappa shape index (κ2) is 15.6. The van der Waals surface area contributed by atoms with Gasteiger partial charge in [-0.1, -0.05) is 12.1 Å². The summed E-state index contributed by atoms with van der Waals surface area (Å²) < 4.78 is 39.0. The van der Waals surface area contributed by atoms with Crippen molar-refractivity contribution in [2.24, 2.45) is 0 Å². The lowest BCUT2D eigenvalue weighted by atomic mass is 9.95. The topological polar surface area (TPSA) is 138 Å². The van der Waals surface area contributed by atoms with E-state index < -0.39 is 34.8 Å². The van der Waals surface area contributed by atoms with E-state index in [0.29, 0.717) is 58.0 Å². The van der Waals surface area contributed by atoms with Crippen LogP contribution >= 0.6 is 11.3 Å². The van der Waals surface area contributed by atoms with Gasteiger partial charge in [-0.3, -0.25) is 9.30 Å². The zero-order valence-electron chi connectivity index (χ0n) is 34.6. The van der Waals surface area contributed by atoms with Gasteiger partial charge in [-0.15, -0.1) is 11.3 Å². The first-order chi connectivity index (χ1) is 27.3. The molecular formula is C43H51FN6O7S. The SMILES string of the molecule is CC(C)(C)OC(=O)N(C(=O)OC(C)(C)C)c1ncc(-c2nc(C3CCCN3C(=O)OC(C)(C)C)c(C3CCOCC3)s2)c2ccc(-c3cnc4cc(F)ccn34)cc12. The van der Waals surface area contributed by atoms with Gasteiger partial charge >= 0.3 is 18.3 Å². The van der Waals surface area contributed by atoms with E-state index in [0.717, 1.165) is 41.2 Å². The first-order valence-electron chi connectivity index (χ1n) is 19.7. The van der Waals surface area contributed by atoms with E-state index in [4.69, 9.17) is 28.9 Å². The second-order valence-electron chi connectivity index (χ2n) is 17.8. The number of benzene rings is 1. The largest absolute Gasteiger partial charge is 0.444 e. The molecule has 7 rings (SSSR count). The standard InChI is InChI=1S/C43H51FN6O7S/c1-41(2,3)55-38(51)49-17-10-11-31(49)34-35(25-15-19-54-20-16-25)58-37(47-34)30-23-46-36(50(39(52)56-42(4,5)6)40(53)57-43(7,8)9)29-21-26(12-13-28(29)30)32-24-45-33-22-27(44)14-18-48(32)33/h12-14,18,21-25,31H,10-11,15-17,19-20H2,1-9H3. The molecule has 1 aromatic carbocycles. The molecule has 0 N–H and O–H groups in total. The number of amides is 3. The Morgan fingerprint density at radius 3 is 2.17 bits per heavy atom. The molecule has 2 aliphatic rings. The Morgan fingerprint density at radius 2 is 1.52 bits per heavy atom. The number of imidazole rings is 1. The number of carbonyl (C=O) groups is 3. The molecule has 2 fully saturated rings. The summed E-state index contributed by atoms with van der Waals surface area (Å²) in [5.41, 5.74) is 0.687. The van der Waals surface area contributed by atoms with Crippen LogP contribution in [0.5, 0.6) is 0 Å². The molecule has 13 nitrogen and oxygen atoms in total. The molecule has 0 spiro atoms. The molecule has 2 aliphatic heterocycles. The lowest BCUT2D eigenvalue weighted by Crippen LogP contribution is -2.44. The molecule has 308 valence electrons. The highest BCUT2D eigenvalue weighted by molar-refractivity contribution is 7.15. The van der Waals surface area contributed by atoms with Gasteiger partial charge in [0.15, 0.2) is 5.82 Å². The van der Waals surface area contributed by atoms with Crippen LogP contribution in [0.3, 0.4) is 0 Å².